The zero-order chi connectivity index (χ0) is 37.6. The first-order valence-corrected chi connectivity index (χ1v) is 19.7. The normalized spacial score (nSPS) is 15.0. The van der Waals surface area contributed by atoms with Crippen LogP contribution in [0.15, 0.2) is 121 Å². The summed E-state index contributed by atoms with van der Waals surface area (Å²) in [6.45, 7) is 25.8. The van der Waals surface area contributed by atoms with E-state index in [1.807, 2.05) is 0 Å². The van der Waals surface area contributed by atoms with Gasteiger partial charge in [0.1, 0.15) is 0 Å². The van der Waals surface area contributed by atoms with Crippen LogP contribution >= 0.6 is 0 Å². The zero-order valence-corrected chi connectivity index (χ0v) is 33.6. The van der Waals surface area contributed by atoms with Crippen molar-refractivity contribution >= 4 is 17.1 Å². The van der Waals surface area contributed by atoms with Gasteiger partial charge in [0.2, 0.25) is 0 Å². The summed E-state index contributed by atoms with van der Waals surface area (Å²) in [6, 6.07) is 46.8. The Labute approximate surface area is 318 Å². The highest BCUT2D eigenvalue weighted by molar-refractivity contribution is 5.93. The van der Waals surface area contributed by atoms with Gasteiger partial charge in [-0.3, -0.25) is 0 Å². The smallest absolute Gasteiger partial charge is 0.0542 e. The molecule has 0 spiro atoms. The lowest BCUT2D eigenvalue weighted by Crippen LogP contribution is -2.18. The third-order valence-corrected chi connectivity index (χ3v) is 12.4. The maximum Gasteiger partial charge on any atom is 0.0542 e. The van der Waals surface area contributed by atoms with Gasteiger partial charge < -0.3 is 4.90 Å². The molecule has 2 aliphatic rings. The molecule has 0 unspecified atom stereocenters. The molecule has 0 N–H and O–H groups in total. The van der Waals surface area contributed by atoms with Crippen molar-refractivity contribution < 1.29 is 0 Å². The SMILES string of the molecule is CC(C)c1ccc(-c2ccc(C(C)C)cc2N(c2ccc3c(c2)C(C)(C)c2ccccc2-3)c2ccc3c(c2)C(C)(C)c2cccc(C(C)(C)C)c2-3)cc1. The highest BCUT2D eigenvalue weighted by Gasteiger charge is 2.40. The Hall–Kier alpha value is -4.88. The summed E-state index contributed by atoms with van der Waals surface area (Å²) in [6.07, 6.45) is 0. The first kappa shape index (κ1) is 35.2. The fourth-order valence-electron chi connectivity index (χ4n) is 9.18. The number of rotatable bonds is 6. The van der Waals surface area contributed by atoms with Crippen molar-refractivity contribution in [1.82, 2.24) is 0 Å². The minimum atomic E-state index is -0.134. The lowest BCUT2D eigenvalue weighted by molar-refractivity contribution is 0.589. The van der Waals surface area contributed by atoms with Crippen LogP contribution < -0.4 is 4.90 Å². The first-order valence-electron chi connectivity index (χ1n) is 19.7. The molecular formula is C52H55N. The van der Waals surface area contributed by atoms with Crippen molar-refractivity contribution in [2.45, 2.75) is 104 Å². The number of nitrogens with zero attached hydrogens (tertiary/aromatic N) is 1. The number of fused-ring (bicyclic) bond motifs is 6. The van der Waals surface area contributed by atoms with Gasteiger partial charge in [0, 0.05) is 27.8 Å². The summed E-state index contributed by atoms with van der Waals surface area (Å²) < 4.78 is 0. The first-order chi connectivity index (χ1) is 25.1. The van der Waals surface area contributed by atoms with E-state index in [2.05, 4.69) is 202 Å². The fraction of sp³-hybridized carbons (Fsp3) is 0.308. The van der Waals surface area contributed by atoms with Gasteiger partial charge in [0.15, 0.2) is 0 Å². The van der Waals surface area contributed by atoms with Crippen molar-refractivity contribution in [1.29, 1.82) is 0 Å². The molecule has 0 aromatic heterocycles. The van der Waals surface area contributed by atoms with E-state index in [1.165, 1.54) is 89.4 Å². The quantitative estimate of drug-likeness (QED) is 0.168. The van der Waals surface area contributed by atoms with Gasteiger partial charge in [-0.25, -0.2) is 0 Å². The van der Waals surface area contributed by atoms with Crippen molar-refractivity contribution in [2.75, 3.05) is 4.90 Å². The molecule has 0 radical (unpaired) electrons. The second-order valence-electron chi connectivity index (χ2n) is 18.3. The molecule has 0 amide bonds. The van der Waals surface area contributed by atoms with Crippen LogP contribution in [0.25, 0.3) is 33.4 Å². The monoisotopic (exact) mass is 693 g/mol. The van der Waals surface area contributed by atoms with E-state index in [0.29, 0.717) is 11.8 Å². The van der Waals surface area contributed by atoms with Gasteiger partial charge in [-0.15, -0.1) is 0 Å². The molecule has 6 aromatic carbocycles. The Kier molecular flexibility index (Phi) is 8.19. The van der Waals surface area contributed by atoms with Crippen molar-refractivity contribution in [3.8, 4) is 33.4 Å². The summed E-state index contributed by atoms with van der Waals surface area (Å²) in [7, 11) is 0. The maximum atomic E-state index is 2.56. The van der Waals surface area contributed by atoms with Crippen LogP contribution in [0, 0.1) is 0 Å². The van der Waals surface area contributed by atoms with Crippen LogP contribution in [0.1, 0.15) is 127 Å². The molecular weight excluding hydrogens is 639 g/mol. The van der Waals surface area contributed by atoms with Gasteiger partial charge in [0.25, 0.3) is 0 Å². The molecule has 2 aliphatic carbocycles. The predicted octanol–water partition coefficient (Wildman–Crippen LogP) is 15.0. The average molecular weight is 694 g/mol. The van der Waals surface area contributed by atoms with E-state index in [0.717, 1.165) is 0 Å². The molecule has 0 atom stereocenters. The van der Waals surface area contributed by atoms with Gasteiger partial charge in [-0.05, 0) is 114 Å². The molecule has 0 aliphatic heterocycles. The van der Waals surface area contributed by atoms with Gasteiger partial charge in [0.05, 0.1) is 5.69 Å². The fourth-order valence-corrected chi connectivity index (χ4v) is 9.18. The maximum absolute atomic E-state index is 2.56. The van der Waals surface area contributed by atoms with Crippen molar-refractivity contribution in [2.24, 2.45) is 0 Å². The second-order valence-corrected chi connectivity index (χ2v) is 18.3. The molecule has 0 fully saturated rings. The third-order valence-electron chi connectivity index (χ3n) is 12.4. The average Bonchev–Trinajstić information content (AvgIpc) is 3.50. The van der Waals surface area contributed by atoms with E-state index in [9.17, 15) is 0 Å². The largest absolute Gasteiger partial charge is 0.310 e. The van der Waals surface area contributed by atoms with Crippen LogP contribution in [0.2, 0.25) is 0 Å². The van der Waals surface area contributed by atoms with Crippen LogP contribution in [-0.2, 0) is 16.2 Å². The van der Waals surface area contributed by atoms with Crippen molar-refractivity contribution in [3.63, 3.8) is 0 Å². The Balaban J connectivity index is 1.39. The molecule has 8 rings (SSSR count). The van der Waals surface area contributed by atoms with Crippen LogP contribution in [0.5, 0.6) is 0 Å². The highest BCUT2D eigenvalue weighted by Crippen LogP contribution is 2.55. The van der Waals surface area contributed by atoms with Crippen LogP contribution in [0.3, 0.4) is 0 Å². The van der Waals surface area contributed by atoms with Gasteiger partial charge >= 0.3 is 0 Å². The zero-order valence-electron chi connectivity index (χ0n) is 33.6. The molecule has 0 bridgehead atoms. The van der Waals surface area contributed by atoms with Crippen LogP contribution in [0.4, 0.5) is 17.1 Å². The second kappa shape index (κ2) is 12.3. The standard InChI is InChI=1S/C52H55N/c1-32(2)34-19-21-35(22-20-34)39-26-23-36(33(3)4)29-48(39)53(37-24-27-41-40-15-12-13-16-43(40)51(8,9)46(41)30-37)38-25-28-42-47(31-38)52(10,11)45-18-14-17-44(49(42)45)50(5,6)7/h12-33H,1-11H3. The summed E-state index contributed by atoms with van der Waals surface area (Å²) in [5.41, 5.74) is 21.1. The lowest BCUT2D eigenvalue weighted by atomic mass is 9.79. The lowest BCUT2D eigenvalue weighted by Gasteiger charge is -2.32. The van der Waals surface area contributed by atoms with E-state index in [-0.39, 0.29) is 16.2 Å². The Morgan fingerprint density at radius 2 is 1.00 bits per heavy atom. The number of benzene rings is 6. The number of hydrogen-bond acceptors (Lipinski definition) is 1. The minimum Gasteiger partial charge on any atom is -0.310 e. The summed E-state index contributed by atoms with van der Waals surface area (Å²) in [4.78, 5) is 2.56. The third kappa shape index (κ3) is 5.58. The van der Waals surface area contributed by atoms with E-state index in [1.54, 1.807) is 0 Å². The molecule has 53 heavy (non-hydrogen) atoms. The Bertz CT molecular complexity index is 2380. The molecule has 1 heteroatoms. The van der Waals surface area contributed by atoms with E-state index in [4.69, 9.17) is 0 Å². The summed E-state index contributed by atoms with van der Waals surface area (Å²) in [5.74, 6) is 0.880. The van der Waals surface area contributed by atoms with Crippen molar-refractivity contribution in [3.05, 3.63) is 160 Å². The topological polar surface area (TPSA) is 3.24 Å². The number of hydrogen-bond donors (Lipinski definition) is 0. The van der Waals surface area contributed by atoms with Crippen LogP contribution in [-0.4, -0.2) is 0 Å². The molecule has 1 nitrogen and oxygen atoms in total. The Morgan fingerprint density at radius 1 is 0.472 bits per heavy atom. The molecule has 0 heterocycles. The molecule has 0 saturated heterocycles. The van der Waals surface area contributed by atoms with E-state index < -0.39 is 0 Å². The number of anilines is 3. The Morgan fingerprint density at radius 3 is 1.64 bits per heavy atom. The van der Waals surface area contributed by atoms with Gasteiger partial charge in [-0.2, -0.15) is 0 Å². The molecule has 6 aromatic rings. The predicted molar refractivity (Wildman–Crippen MR) is 229 cm³/mol. The summed E-state index contributed by atoms with van der Waals surface area (Å²) in [5, 5.41) is 0. The van der Waals surface area contributed by atoms with E-state index >= 15 is 0 Å². The minimum absolute atomic E-state index is 0.0415. The highest BCUT2D eigenvalue weighted by atomic mass is 15.1. The summed E-state index contributed by atoms with van der Waals surface area (Å²) >= 11 is 0. The molecule has 0 saturated carbocycles. The molecule has 268 valence electrons. The van der Waals surface area contributed by atoms with Gasteiger partial charge in [-0.1, -0.05) is 167 Å².